The molecule has 0 aliphatic rings. The fraction of sp³-hybridized carbons (Fsp3) is 0.188. The highest BCUT2D eigenvalue weighted by molar-refractivity contribution is 7.95. The van der Waals surface area contributed by atoms with E-state index < -0.39 is 0 Å². The summed E-state index contributed by atoms with van der Waals surface area (Å²) in [4.78, 5) is 12.6. The van der Waals surface area contributed by atoms with Gasteiger partial charge in [-0.1, -0.05) is 32.0 Å². The van der Waals surface area contributed by atoms with Crippen molar-refractivity contribution in [3.63, 3.8) is 0 Å². The molecular weight excluding hydrogens is 272 g/mol. The van der Waals surface area contributed by atoms with E-state index in [0.717, 1.165) is 0 Å². The standard InChI is InChI=1S/C16H14O3S/c1-10(2)20-19-14-9-5-8-13-15(14)16(17)11-6-3-4-7-12(11)18-13/h3-10H,1-2H3. The third-order valence-electron chi connectivity index (χ3n) is 2.90. The van der Waals surface area contributed by atoms with Gasteiger partial charge in [-0.2, -0.15) is 0 Å². The lowest BCUT2D eigenvalue weighted by Gasteiger charge is -2.09. The highest BCUT2D eigenvalue weighted by Gasteiger charge is 2.12. The van der Waals surface area contributed by atoms with Crippen LogP contribution < -0.4 is 9.61 Å². The van der Waals surface area contributed by atoms with Crippen molar-refractivity contribution >= 4 is 34.0 Å². The highest BCUT2D eigenvalue weighted by Crippen LogP contribution is 2.29. The van der Waals surface area contributed by atoms with E-state index in [1.165, 1.54) is 12.0 Å². The summed E-state index contributed by atoms with van der Waals surface area (Å²) in [6.45, 7) is 4.07. The van der Waals surface area contributed by atoms with Gasteiger partial charge in [-0.3, -0.25) is 4.79 Å². The molecule has 0 aliphatic heterocycles. The second-order valence-electron chi connectivity index (χ2n) is 4.78. The van der Waals surface area contributed by atoms with Crippen molar-refractivity contribution in [1.29, 1.82) is 0 Å². The van der Waals surface area contributed by atoms with E-state index in [9.17, 15) is 4.79 Å². The summed E-state index contributed by atoms with van der Waals surface area (Å²) in [5.41, 5.74) is 1.09. The van der Waals surface area contributed by atoms with Crippen molar-refractivity contribution in [3.8, 4) is 5.75 Å². The van der Waals surface area contributed by atoms with Gasteiger partial charge >= 0.3 is 0 Å². The fourth-order valence-corrected chi connectivity index (χ4v) is 2.47. The maximum atomic E-state index is 12.6. The fourth-order valence-electron chi connectivity index (χ4n) is 2.03. The van der Waals surface area contributed by atoms with Gasteiger partial charge in [-0.05, 0) is 24.3 Å². The Morgan fingerprint density at radius 2 is 1.80 bits per heavy atom. The van der Waals surface area contributed by atoms with Crippen molar-refractivity contribution in [2.75, 3.05) is 0 Å². The first-order valence-electron chi connectivity index (χ1n) is 6.44. The first-order valence-corrected chi connectivity index (χ1v) is 7.25. The number of fused-ring (bicyclic) bond motifs is 2. The van der Waals surface area contributed by atoms with Crippen LogP contribution in [0.5, 0.6) is 5.75 Å². The lowest BCUT2D eigenvalue weighted by atomic mass is 10.1. The first kappa shape index (κ1) is 13.1. The van der Waals surface area contributed by atoms with Crippen LogP contribution in [0.4, 0.5) is 0 Å². The minimum absolute atomic E-state index is 0.0539. The monoisotopic (exact) mass is 286 g/mol. The van der Waals surface area contributed by atoms with Gasteiger partial charge in [0.2, 0.25) is 5.43 Å². The summed E-state index contributed by atoms with van der Waals surface area (Å²) in [5, 5.41) is 1.39. The van der Waals surface area contributed by atoms with Gasteiger partial charge in [-0.15, -0.1) is 0 Å². The summed E-state index contributed by atoms with van der Waals surface area (Å²) >= 11 is 1.33. The molecule has 0 spiro atoms. The van der Waals surface area contributed by atoms with E-state index in [1.54, 1.807) is 24.3 Å². The molecule has 0 amide bonds. The number of hydrogen-bond donors (Lipinski definition) is 0. The number of para-hydroxylation sites is 1. The van der Waals surface area contributed by atoms with Gasteiger partial charge < -0.3 is 8.60 Å². The SMILES string of the molecule is CC(C)SOc1cccc2oc3ccccc3c(=O)c12. The molecule has 0 radical (unpaired) electrons. The van der Waals surface area contributed by atoms with Crippen LogP contribution in [0.25, 0.3) is 21.9 Å². The molecule has 0 bridgehead atoms. The van der Waals surface area contributed by atoms with E-state index in [4.69, 9.17) is 8.60 Å². The summed E-state index contributed by atoms with van der Waals surface area (Å²) in [6, 6.07) is 12.7. The summed E-state index contributed by atoms with van der Waals surface area (Å²) in [5.74, 6) is 0.556. The average Bonchev–Trinajstić information content (AvgIpc) is 2.45. The molecule has 1 aromatic heterocycles. The van der Waals surface area contributed by atoms with Crippen LogP contribution in [0.1, 0.15) is 13.8 Å². The van der Waals surface area contributed by atoms with Crippen LogP contribution in [0.15, 0.2) is 51.7 Å². The van der Waals surface area contributed by atoms with Crippen molar-refractivity contribution in [2.45, 2.75) is 19.1 Å². The summed E-state index contributed by atoms with van der Waals surface area (Å²) < 4.78 is 11.5. The molecule has 4 heteroatoms. The predicted octanol–water partition coefficient (Wildman–Crippen LogP) is 4.38. The van der Waals surface area contributed by atoms with Crippen LogP contribution >= 0.6 is 12.0 Å². The lowest BCUT2D eigenvalue weighted by Crippen LogP contribution is -2.04. The third-order valence-corrected chi connectivity index (χ3v) is 3.56. The van der Waals surface area contributed by atoms with Gasteiger partial charge in [0, 0.05) is 5.25 Å². The smallest absolute Gasteiger partial charge is 0.204 e. The Kier molecular flexibility index (Phi) is 3.40. The molecule has 0 fully saturated rings. The van der Waals surface area contributed by atoms with Gasteiger partial charge in [0.1, 0.15) is 16.6 Å². The molecule has 2 aromatic carbocycles. The number of hydrogen-bond acceptors (Lipinski definition) is 4. The summed E-state index contributed by atoms with van der Waals surface area (Å²) in [6.07, 6.45) is 0. The molecule has 0 atom stereocenters. The maximum absolute atomic E-state index is 12.6. The molecule has 1 heterocycles. The van der Waals surface area contributed by atoms with Gasteiger partial charge in [0.25, 0.3) is 0 Å². The molecule has 0 aliphatic carbocycles. The van der Waals surface area contributed by atoms with E-state index in [-0.39, 0.29) is 5.43 Å². The van der Waals surface area contributed by atoms with Crippen LogP contribution in [0.2, 0.25) is 0 Å². The average molecular weight is 286 g/mol. The molecule has 3 rings (SSSR count). The van der Waals surface area contributed by atoms with Gasteiger partial charge in [0.05, 0.1) is 17.4 Å². The zero-order valence-electron chi connectivity index (χ0n) is 11.3. The van der Waals surface area contributed by atoms with Crippen molar-refractivity contribution in [3.05, 3.63) is 52.7 Å². The Bertz CT molecular complexity index is 821. The van der Waals surface area contributed by atoms with E-state index in [1.807, 2.05) is 32.0 Å². The lowest BCUT2D eigenvalue weighted by molar-refractivity contribution is 0.634. The zero-order valence-corrected chi connectivity index (χ0v) is 12.1. The molecule has 0 saturated carbocycles. The Labute approximate surface area is 120 Å². The Morgan fingerprint density at radius 1 is 1.05 bits per heavy atom. The van der Waals surface area contributed by atoms with Crippen LogP contribution in [0.3, 0.4) is 0 Å². The molecule has 102 valence electrons. The Morgan fingerprint density at radius 3 is 2.60 bits per heavy atom. The molecule has 20 heavy (non-hydrogen) atoms. The minimum Gasteiger partial charge on any atom is -0.456 e. The molecule has 3 nitrogen and oxygen atoms in total. The molecular formula is C16H14O3S. The van der Waals surface area contributed by atoms with Crippen LogP contribution in [0, 0.1) is 0 Å². The van der Waals surface area contributed by atoms with E-state index in [0.29, 0.717) is 32.9 Å². The first-order chi connectivity index (χ1) is 9.66. The van der Waals surface area contributed by atoms with E-state index in [2.05, 4.69) is 0 Å². The molecule has 0 unspecified atom stereocenters. The van der Waals surface area contributed by atoms with Crippen molar-refractivity contribution < 1.29 is 8.60 Å². The summed E-state index contributed by atoms with van der Waals surface area (Å²) in [7, 11) is 0. The zero-order chi connectivity index (χ0) is 14.1. The van der Waals surface area contributed by atoms with Crippen molar-refractivity contribution in [1.82, 2.24) is 0 Å². The second-order valence-corrected chi connectivity index (χ2v) is 6.09. The third kappa shape index (κ3) is 2.27. The normalized spacial score (nSPS) is 11.3. The quantitative estimate of drug-likeness (QED) is 0.529. The topological polar surface area (TPSA) is 39.4 Å². The molecule has 0 saturated heterocycles. The molecule has 3 aromatic rings. The van der Waals surface area contributed by atoms with Gasteiger partial charge in [0.15, 0.2) is 5.75 Å². The number of benzene rings is 2. The number of rotatable bonds is 3. The Balaban J connectivity index is 2.27. The van der Waals surface area contributed by atoms with Crippen molar-refractivity contribution in [2.24, 2.45) is 0 Å². The van der Waals surface area contributed by atoms with Gasteiger partial charge in [-0.25, -0.2) is 0 Å². The second kappa shape index (κ2) is 5.21. The van der Waals surface area contributed by atoms with Crippen LogP contribution in [-0.2, 0) is 0 Å². The Hall–Kier alpha value is -1.94. The maximum Gasteiger partial charge on any atom is 0.204 e. The minimum atomic E-state index is -0.0539. The van der Waals surface area contributed by atoms with Crippen LogP contribution in [-0.4, -0.2) is 5.25 Å². The largest absolute Gasteiger partial charge is 0.456 e. The molecule has 0 N–H and O–H groups in total. The predicted molar refractivity (Wildman–Crippen MR) is 83.3 cm³/mol. The highest BCUT2D eigenvalue weighted by atomic mass is 32.2. The van der Waals surface area contributed by atoms with E-state index >= 15 is 0 Å².